The van der Waals surface area contributed by atoms with E-state index in [4.69, 9.17) is 10.2 Å². The van der Waals surface area contributed by atoms with Crippen LogP contribution in [-0.2, 0) is 4.79 Å². The van der Waals surface area contributed by atoms with Gasteiger partial charge in [-0.3, -0.25) is 0 Å². The Bertz CT molecular complexity index is 136. The number of hydrogen-bond donors (Lipinski definition) is 2. The number of aliphatic hydroxyl groups excluding tert-OH is 1. The molecule has 0 heterocycles. The molecule has 64 valence electrons. The summed E-state index contributed by atoms with van der Waals surface area (Å²) in [6.07, 6.45) is 5.98. The van der Waals surface area contributed by atoms with Gasteiger partial charge in [0.2, 0.25) is 0 Å². The van der Waals surface area contributed by atoms with Crippen LogP contribution in [0.3, 0.4) is 0 Å². The highest BCUT2D eigenvalue weighted by Crippen LogP contribution is 1.74. The van der Waals surface area contributed by atoms with Gasteiger partial charge in [0.05, 0.1) is 0 Å². The minimum atomic E-state index is -0.914. The molecule has 0 aliphatic rings. The van der Waals surface area contributed by atoms with E-state index in [0.717, 1.165) is 6.08 Å². The van der Waals surface area contributed by atoms with Crippen LogP contribution in [0.2, 0.25) is 0 Å². The van der Waals surface area contributed by atoms with Gasteiger partial charge in [-0.15, -0.1) is 0 Å². The summed E-state index contributed by atoms with van der Waals surface area (Å²) in [5, 5.41) is 15.6. The molecular formula is C8H14O3. The maximum Gasteiger partial charge on any atom is 0.328 e. The maximum absolute atomic E-state index is 9.75. The summed E-state index contributed by atoms with van der Waals surface area (Å²) in [7, 11) is 0. The fraction of sp³-hybridized carbons (Fsp3) is 0.375. The summed E-state index contributed by atoms with van der Waals surface area (Å²) in [6.45, 7) is 3.76. The molecule has 2 N–H and O–H groups in total. The van der Waals surface area contributed by atoms with E-state index < -0.39 is 5.97 Å². The Balaban J connectivity index is 0. The molecule has 0 fully saturated rings. The number of aliphatic carboxylic acids is 1. The monoisotopic (exact) mass is 158 g/mol. The number of allylic oxidation sites excluding steroid dienone is 3. The van der Waals surface area contributed by atoms with Gasteiger partial charge < -0.3 is 10.2 Å². The maximum atomic E-state index is 9.75. The smallest absolute Gasteiger partial charge is 0.328 e. The fourth-order valence-corrected chi connectivity index (χ4v) is 0.249. The van der Waals surface area contributed by atoms with Crippen molar-refractivity contribution in [3.05, 3.63) is 24.3 Å². The first-order chi connectivity index (χ1) is 5.18. The average Bonchev–Trinajstić information content (AvgIpc) is 1.89. The van der Waals surface area contributed by atoms with Gasteiger partial charge in [0, 0.05) is 12.7 Å². The molecule has 3 nitrogen and oxygen atoms in total. The second-order valence-corrected chi connectivity index (χ2v) is 1.54. The molecule has 0 spiro atoms. The van der Waals surface area contributed by atoms with E-state index in [-0.39, 0.29) is 6.61 Å². The highest BCUT2D eigenvalue weighted by molar-refractivity contribution is 5.80. The van der Waals surface area contributed by atoms with Gasteiger partial charge in [-0.25, -0.2) is 4.79 Å². The number of hydrogen-bond acceptors (Lipinski definition) is 2. The van der Waals surface area contributed by atoms with E-state index in [2.05, 4.69) is 0 Å². The normalized spacial score (nSPS) is 9.73. The van der Waals surface area contributed by atoms with Gasteiger partial charge in [-0.1, -0.05) is 18.2 Å². The predicted molar refractivity (Wildman–Crippen MR) is 44.3 cm³/mol. The van der Waals surface area contributed by atoms with E-state index in [1.54, 1.807) is 19.1 Å². The van der Waals surface area contributed by atoms with Crippen LogP contribution in [0.5, 0.6) is 0 Å². The summed E-state index contributed by atoms with van der Waals surface area (Å²) >= 11 is 0. The molecule has 0 aliphatic heterocycles. The Morgan fingerprint density at radius 2 is 1.91 bits per heavy atom. The molecule has 0 radical (unpaired) electrons. The lowest BCUT2D eigenvalue weighted by Crippen LogP contribution is -1.83. The van der Waals surface area contributed by atoms with Gasteiger partial charge in [0.1, 0.15) is 0 Å². The van der Waals surface area contributed by atoms with Crippen molar-refractivity contribution in [1.82, 2.24) is 0 Å². The minimum absolute atomic E-state index is 0.250. The second-order valence-electron chi connectivity index (χ2n) is 1.54. The van der Waals surface area contributed by atoms with Gasteiger partial charge in [0.15, 0.2) is 0 Å². The summed E-state index contributed by atoms with van der Waals surface area (Å²) in [5.74, 6) is -0.914. The highest BCUT2D eigenvalue weighted by atomic mass is 16.4. The molecule has 0 saturated heterocycles. The lowest BCUT2D eigenvalue weighted by molar-refractivity contribution is -0.131. The molecule has 0 aromatic heterocycles. The summed E-state index contributed by atoms with van der Waals surface area (Å²) in [6, 6.07) is 0. The van der Waals surface area contributed by atoms with E-state index in [1.807, 2.05) is 6.92 Å². The minimum Gasteiger partial charge on any atom is -0.478 e. The molecule has 0 aliphatic carbocycles. The number of carboxylic acids is 1. The number of rotatable bonds is 2. The third-order valence-corrected chi connectivity index (χ3v) is 0.542. The van der Waals surface area contributed by atoms with Gasteiger partial charge in [0.25, 0.3) is 0 Å². The first-order valence-corrected chi connectivity index (χ1v) is 3.32. The van der Waals surface area contributed by atoms with Crippen molar-refractivity contribution in [3.8, 4) is 0 Å². The lowest BCUT2D eigenvalue weighted by Gasteiger charge is -1.72. The van der Waals surface area contributed by atoms with Crippen LogP contribution in [0.1, 0.15) is 13.8 Å². The predicted octanol–water partition coefficient (Wildman–Crippen LogP) is 1.20. The van der Waals surface area contributed by atoms with E-state index in [9.17, 15) is 4.79 Å². The number of carboxylic acid groups (broad SMARTS) is 1. The zero-order valence-electron chi connectivity index (χ0n) is 6.82. The molecule has 0 unspecified atom stereocenters. The topological polar surface area (TPSA) is 57.5 Å². The van der Waals surface area contributed by atoms with Crippen LogP contribution in [0.4, 0.5) is 0 Å². The van der Waals surface area contributed by atoms with Gasteiger partial charge in [-0.2, -0.15) is 0 Å². The molecule has 0 rings (SSSR count). The third kappa shape index (κ3) is 27.8. The Morgan fingerprint density at radius 1 is 1.45 bits per heavy atom. The van der Waals surface area contributed by atoms with Crippen LogP contribution in [-0.4, -0.2) is 22.8 Å². The number of carbonyl (C=O) groups is 1. The molecule has 3 heteroatoms. The number of aliphatic hydroxyl groups is 1. The second kappa shape index (κ2) is 11.7. The zero-order chi connectivity index (χ0) is 9.11. The fourth-order valence-electron chi connectivity index (χ4n) is 0.249. The molecule has 0 aromatic carbocycles. The Labute approximate surface area is 66.7 Å². The van der Waals surface area contributed by atoms with Crippen molar-refractivity contribution in [1.29, 1.82) is 0 Å². The average molecular weight is 158 g/mol. The van der Waals surface area contributed by atoms with Crippen molar-refractivity contribution in [2.75, 3.05) is 6.61 Å². The standard InChI is InChI=1S/C6H8O2.C2H6O/c1-2-3-4-5-6(7)8;1-2-3/h2-5H,1H3,(H,7,8);3H,2H2,1H3/b3-2+,5-4+;. The van der Waals surface area contributed by atoms with E-state index in [1.165, 1.54) is 6.08 Å². The van der Waals surface area contributed by atoms with Crippen molar-refractivity contribution in [2.24, 2.45) is 0 Å². The van der Waals surface area contributed by atoms with Crippen LogP contribution < -0.4 is 0 Å². The molecule has 0 amide bonds. The molecule has 0 aromatic rings. The van der Waals surface area contributed by atoms with Crippen LogP contribution in [0.25, 0.3) is 0 Å². The first-order valence-electron chi connectivity index (χ1n) is 3.32. The lowest BCUT2D eigenvalue weighted by atomic mass is 10.4. The van der Waals surface area contributed by atoms with Crippen molar-refractivity contribution in [2.45, 2.75) is 13.8 Å². The molecule has 0 atom stereocenters. The summed E-state index contributed by atoms with van der Waals surface area (Å²) in [4.78, 5) is 9.75. The first kappa shape index (κ1) is 12.6. The van der Waals surface area contributed by atoms with E-state index in [0.29, 0.717) is 0 Å². The molecular weight excluding hydrogens is 144 g/mol. The Hall–Kier alpha value is -1.09. The highest BCUT2D eigenvalue weighted by Gasteiger charge is 1.78. The van der Waals surface area contributed by atoms with Gasteiger partial charge >= 0.3 is 5.97 Å². The summed E-state index contributed by atoms with van der Waals surface area (Å²) < 4.78 is 0. The molecule has 0 saturated carbocycles. The molecule has 11 heavy (non-hydrogen) atoms. The Morgan fingerprint density at radius 3 is 2.18 bits per heavy atom. The quantitative estimate of drug-likeness (QED) is 0.469. The van der Waals surface area contributed by atoms with Crippen LogP contribution in [0, 0.1) is 0 Å². The van der Waals surface area contributed by atoms with Crippen molar-refractivity contribution in [3.63, 3.8) is 0 Å². The molecule has 0 bridgehead atoms. The van der Waals surface area contributed by atoms with E-state index >= 15 is 0 Å². The third-order valence-electron chi connectivity index (χ3n) is 0.542. The van der Waals surface area contributed by atoms with Crippen LogP contribution >= 0.6 is 0 Å². The van der Waals surface area contributed by atoms with Crippen molar-refractivity contribution >= 4 is 5.97 Å². The van der Waals surface area contributed by atoms with Crippen molar-refractivity contribution < 1.29 is 15.0 Å². The van der Waals surface area contributed by atoms with Gasteiger partial charge in [-0.05, 0) is 13.8 Å². The Kier molecular flexibility index (Phi) is 13.3. The zero-order valence-corrected chi connectivity index (χ0v) is 6.82. The SMILES string of the molecule is C/C=C/C=C/C(=O)O.CCO. The largest absolute Gasteiger partial charge is 0.478 e. The summed E-state index contributed by atoms with van der Waals surface area (Å²) in [5.41, 5.74) is 0. The van der Waals surface area contributed by atoms with Crippen LogP contribution in [0.15, 0.2) is 24.3 Å².